The number of benzene rings is 1. The van der Waals surface area contributed by atoms with Crippen molar-refractivity contribution < 1.29 is 13.2 Å². The summed E-state index contributed by atoms with van der Waals surface area (Å²) in [5.74, 6) is 0.397. The van der Waals surface area contributed by atoms with Crippen LogP contribution < -0.4 is 5.32 Å². The van der Waals surface area contributed by atoms with Gasteiger partial charge >= 0.3 is 0 Å². The molecular formula is C21H30N4O3S. The molecule has 0 bridgehead atoms. The quantitative estimate of drug-likeness (QED) is 0.809. The summed E-state index contributed by atoms with van der Waals surface area (Å²) < 4.78 is 26.6. The van der Waals surface area contributed by atoms with E-state index in [2.05, 4.69) is 26.1 Å². The van der Waals surface area contributed by atoms with Gasteiger partial charge in [0.05, 0.1) is 18.5 Å². The Kier molecular flexibility index (Phi) is 6.14. The Bertz CT molecular complexity index is 954. The number of carbonyl (C=O) groups excluding carboxylic acids is 1. The summed E-state index contributed by atoms with van der Waals surface area (Å²) in [6, 6.07) is 11.9. The van der Waals surface area contributed by atoms with Crippen molar-refractivity contribution in [3.63, 3.8) is 0 Å². The number of sulfonamides is 1. The van der Waals surface area contributed by atoms with Crippen molar-refractivity contribution >= 4 is 21.7 Å². The van der Waals surface area contributed by atoms with Gasteiger partial charge in [0.1, 0.15) is 5.82 Å². The summed E-state index contributed by atoms with van der Waals surface area (Å²) in [5.41, 5.74) is 1.88. The molecule has 2 aromatic rings. The SMILES string of the molecule is CC(C)(C)c1cc(NC(=O)C2CCN(S(C)(=O)=O)CC2)n(Cc2ccccc2)n1. The van der Waals surface area contributed by atoms with E-state index >= 15 is 0 Å². The van der Waals surface area contributed by atoms with Gasteiger partial charge in [-0.25, -0.2) is 17.4 Å². The number of nitrogens with one attached hydrogen (secondary N) is 1. The fraction of sp³-hybridized carbons (Fsp3) is 0.524. The molecule has 1 aromatic heterocycles. The zero-order valence-electron chi connectivity index (χ0n) is 17.6. The van der Waals surface area contributed by atoms with E-state index in [1.165, 1.54) is 10.6 Å². The number of nitrogens with zero attached hydrogens (tertiary/aromatic N) is 3. The van der Waals surface area contributed by atoms with E-state index in [1.54, 1.807) is 0 Å². The summed E-state index contributed by atoms with van der Waals surface area (Å²) in [4.78, 5) is 12.9. The number of amides is 1. The van der Waals surface area contributed by atoms with Crippen LogP contribution in [0.15, 0.2) is 36.4 Å². The highest BCUT2D eigenvalue weighted by atomic mass is 32.2. The van der Waals surface area contributed by atoms with Crippen molar-refractivity contribution in [2.75, 3.05) is 24.7 Å². The highest BCUT2D eigenvalue weighted by Gasteiger charge is 2.30. The van der Waals surface area contributed by atoms with Gasteiger partial charge in [-0.15, -0.1) is 0 Å². The van der Waals surface area contributed by atoms with Gasteiger partial charge < -0.3 is 5.32 Å². The van der Waals surface area contributed by atoms with E-state index in [9.17, 15) is 13.2 Å². The van der Waals surface area contributed by atoms with Crippen LogP contribution in [-0.2, 0) is 26.8 Å². The Morgan fingerprint density at radius 2 is 1.79 bits per heavy atom. The highest BCUT2D eigenvalue weighted by molar-refractivity contribution is 7.88. The van der Waals surface area contributed by atoms with Crippen LogP contribution in [0, 0.1) is 5.92 Å². The summed E-state index contributed by atoms with van der Waals surface area (Å²) in [6.07, 6.45) is 2.26. The van der Waals surface area contributed by atoms with E-state index in [4.69, 9.17) is 5.10 Å². The second-order valence-corrected chi connectivity index (χ2v) is 10.7. The van der Waals surface area contributed by atoms with Gasteiger partial charge in [0.2, 0.25) is 15.9 Å². The van der Waals surface area contributed by atoms with E-state index in [1.807, 2.05) is 41.1 Å². The topological polar surface area (TPSA) is 84.3 Å². The predicted octanol–water partition coefficient (Wildman–Crippen LogP) is 2.84. The molecular weight excluding hydrogens is 388 g/mol. The van der Waals surface area contributed by atoms with Crippen LogP contribution in [-0.4, -0.2) is 47.8 Å². The van der Waals surface area contributed by atoms with Crippen LogP contribution >= 0.6 is 0 Å². The maximum Gasteiger partial charge on any atom is 0.228 e. The normalized spacial score (nSPS) is 16.7. The molecule has 0 saturated carbocycles. The molecule has 0 atom stereocenters. The molecule has 0 radical (unpaired) electrons. The lowest BCUT2D eigenvalue weighted by Gasteiger charge is -2.29. The van der Waals surface area contributed by atoms with Crippen molar-refractivity contribution in [1.29, 1.82) is 0 Å². The smallest absolute Gasteiger partial charge is 0.228 e. The second-order valence-electron chi connectivity index (χ2n) is 8.73. The average molecular weight is 419 g/mol. The Hall–Kier alpha value is -2.19. The van der Waals surface area contributed by atoms with Crippen molar-refractivity contribution in [2.24, 2.45) is 5.92 Å². The Labute approximate surface area is 173 Å². The molecule has 7 nitrogen and oxygen atoms in total. The minimum Gasteiger partial charge on any atom is -0.311 e. The predicted molar refractivity (Wildman–Crippen MR) is 114 cm³/mol. The maximum absolute atomic E-state index is 12.9. The molecule has 1 saturated heterocycles. The summed E-state index contributed by atoms with van der Waals surface area (Å²) in [7, 11) is -3.20. The first kappa shape index (κ1) is 21.5. The molecule has 29 heavy (non-hydrogen) atoms. The molecule has 1 aromatic carbocycles. The Morgan fingerprint density at radius 3 is 2.34 bits per heavy atom. The zero-order valence-corrected chi connectivity index (χ0v) is 18.4. The lowest BCUT2D eigenvalue weighted by atomic mass is 9.92. The van der Waals surface area contributed by atoms with Crippen LogP contribution in [0.3, 0.4) is 0 Å². The van der Waals surface area contributed by atoms with Gasteiger partial charge in [0.25, 0.3) is 0 Å². The number of carbonyl (C=O) groups is 1. The molecule has 0 aliphatic carbocycles. The number of hydrogen-bond donors (Lipinski definition) is 1. The third kappa shape index (κ3) is 5.45. The van der Waals surface area contributed by atoms with E-state index in [0.717, 1.165) is 11.3 Å². The molecule has 1 fully saturated rings. The fourth-order valence-electron chi connectivity index (χ4n) is 3.44. The monoisotopic (exact) mass is 418 g/mol. The van der Waals surface area contributed by atoms with Gasteiger partial charge in [-0.1, -0.05) is 51.1 Å². The van der Waals surface area contributed by atoms with Crippen molar-refractivity contribution in [2.45, 2.75) is 45.6 Å². The minimum atomic E-state index is -3.20. The number of piperidine rings is 1. The third-order valence-electron chi connectivity index (χ3n) is 5.27. The number of hydrogen-bond acceptors (Lipinski definition) is 4. The molecule has 3 rings (SSSR count). The standard InChI is InChI=1S/C21H30N4O3S/c1-21(2,3)18-14-19(25(23-18)15-16-8-6-5-7-9-16)22-20(26)17-10-12-24(13-11-17)29(4,27)28/h5-9,14,17H,10-13,15H2,1-4H3,(H,22,26). The number of rotatable bonds is 5. The Balaban J connectivity index is 1.75. The second kappa shape index (κ2) is 8.28. The van der Waals surface area contributed by atoms with Crippen LogP contribution in [0.1, 0.15) is 44.9 Å². The highest BCUT2D eigenvalue weighted by Crippen LogP contribution is 2.26. The summed E-state index contributed by atoms with van der Waals surface area (Å²) in [6.45, 7) is 7.61. The van der Waals surface area contributed by atoms with Crippen molar-refractivity contribution in [3.05, 3.63) is 47.7 Å². The third-order valence-corrected chi connectivity index (χ3v) is 6.57. The van der Waals surface area contributed by atoms with Crippen molar-refractivity contribution in [1.82, 2.24) is 14.1 Å². The minimum absolute atomic E-state index is 0.0761. The first-order chi connectivity index (χ1) is 13.5. The fourth-order valence-corrected chi connectivity index (χ4v) is 4.31. The van der Waals surface area contributed by atoms with Gasteiger partial charge in [-0.2, -0.15) is 5.10 Å². The molecule has 1 N–H and O–H groups in total. The van der Waals surface area contributed by atoms with Crippen molar-refractivity contribution in [3.8, 4) is 0 Å². The first-order valence-electron chi connectivity index (χ1n) is 9.92. The number of anilines is 1. The average Bonchev–Trinajstić information content (AvgIpc) is 3.05. The maximum atomic E-state index is 12.9. The van der Waals surface area contributed by atoms with Crippen LogP contribution in [0.5, 0.6) is 0 Å². The molecule has 158 valence electrons. The molecule has 1 amide bonds. The molecule has 8 heteroatoms. The largest absolute Gasteiger partial charge is 0.311 e. The molecule has 1 aliphatic heterocycles. The summed E-state index contributed by atoms with van der Waals surface area (Å²) >= 11 is 0. The molecule has 1 aliphatic rings. The molecule has 0 spiro atoms. The van der Waals surface area contributed by atoms with Gasteiger partial charge in [-0.3, -0.25) is 4.79 Å². The number of aromatic nitrogens is 2. The van der Waals surface area contributed by atoms with E-state index in [0.29, 0.717) is 38.3 Å². The lowest BCUT2D eigenvalue weighted by Crippen LogP contribution is -2.41. The van der Waals surface area contributed by atoms with Crippen LogP contribution in [0.4, 0.5) is 5.82 Å². The van der Waals surface area contributed by atoms with Gasteiger partial charge in [-0.05, 0) is 18.4 Å². The lowest BCUT2D eigenvalue weighted by molar-refractivity contribution is -0.121. The van der Waals surface area contributed by atoms with Crippen LogP contribution in [0.2, 0.25) is 0 Å². The van der Waals surface area contributed by atoms with Gasteiger partial charge in [0, 0.05) is 30.5 Å². The van der Waals surface area contributed by atoms with Gasteiger partial charge in [0.15, 0.2) is 0 Å². The van der Waals surface area contributed by atoms with E-state index < -0.39 is 10.0 Å². The summed E-state index contributed by atoms with van der Waals surface area (Å²) in [5, 5.41) is 7.77. The Morgan fingerprint density at radius 1 is 1.17 bits per heavy atom. The zero-order chi connectivity index (χ0) is 21.2. The van der Waals surface area contributed by atoms with Crippen LogP contribution in [0.25, 0.3) is 0 Å². The first-order valence-corrected chi connectivity index (χ1v) is 11.8. The van der Waals surface area contributed by atoms with E-state index in [-0.39, 0.29) is 17.2 Å². The molecule has 2 heterocycles. The molecule has 0 unspecified atom stereocenters.